The maximum absolute atomic E-state index is 14.2. The molecule has 10 heteroatoms. The van der Waals surface area contributed by atoms with Crippen LogP contribution in [-0.2, 0) is 4.79 Å². The quantitative estimate of drug-likeness (QED) is 0.398. The van der Waals surface area contributed by atoms with Crippen molar-refractivity contribution < 1.29 is 13.6 Å². The van der Waals surface area contributed by atoms with E-state index in [2.05, 4.69) is 14.5 Å². The Morgan fingerprint density at radius 3 is 2.79 bits per heavy atom. The molecule has 1 amide bonds. The second-order valence-corrected chi connectivity index (χ2v) is 9.32. The number of nitrogens with two attached hydrogens (primary N) is 1. The van der Waals surface area contributed by atoms with Crippen molar-refractivity contribution in [2.45, 2.75) is 25.8 Å². The van der Waals surface area contributed by atoms with Crippen molar-refractivity contribution in [1.82, 2.24) is 24.0 Å². The first-order valence-corrected chi connectivity index (χ1v) is 11.8. The van der Waals surface area contributed by atoms with Crippen molar-refractivity contribution in [3.05, 3.63) is 48.8 Å². The van der Waals surface area contributed by atoms with E-state index < -0.39 is 0 Å². The number of pyridine rings is 1. The molecule has 1 aliphatic heterocycles. The Morgan fingerprint density at radius 1 is 1.18 bits per heavy atom. The van der Waals surface area contributed by atoms with Crippen molar-refractivity contribution in [3.63, 3.8) is 0 Å². The second-order valence-electron chi connectivity index (χ2n) is 8.52. The van der Waals surface area contributed by atoms with Crippen LogP contribution in [0.1, 0.15) is 25.8 Å². The predicted molar refractivity (Wildman–Crippen MR) is 129 cm³/mol. The van der Waals surface area contributed by atoms with Crippen molar-refractivity contribution in [3.8, 4) is 22.5 Å². The maximum Gasteiger partial charge on any atom is 0.219 e. The number of likely N-dealkylation sites (tertiary alicyclic amines) is 1. The molecule has 5 heterocycles. The minimum absolute atomic E-state index is 0.113. The first-order chi connectivity index (χ1) is 16.5. The number of aromatic nitrogens is 4. The SMILES string of the molecule is CC(=O)N1CCC(n2cc(-c3cnc(N)c4oc(-c5ccc(F)c6cnsc56)cc34)cn2)CC1. The molecule has 8 nitrogen and oxygen atoms in total. The van der Waals surface area contributed by atoms with Crippen LogP contribution in [-0.4, -0.2) is 43.0 Å². The highest BCUT2D eigenvalue weighted by Crippen LogP contribution is 2.40. The highest BCUT2D eigenvalue weighted by molar-refractivity contribution is 7.13. The van der Waals surface area contributed by atoms with E-state index in [0.29, 0.717) is 16.7 Å². The summed E-state index contributed by atoms with van der Waals surface area (Å²) in [6, 6.07) is 5.27. The summed E-state index contributed by atoms with van der Waals surface area (Å²) in [6.07, 6.45) is 8.80. The van der Waals surface area contributed by atoms with Gasteiger partial charge in [0, 0.05) is 59.9 Å². The molecular formula is C24H21FN6O2S. The van der Waals surface area contributed by atoms with Crippen LogP contribution in [0, 0.1) is 5.82 Å². The molecular weight excluding hydrogens is 455 g/mol. The average molecular weight is 477 g/mol. The highest BCUT2D eigenvalue weighted by atomic mass is 32.1. The van der Waals surface area contributed by atoms with E-state index in [1.54, 1.807) is 19.2 Å². The molecule has 172 valence electrons. The van der Waals surface area contributed by atoms with Gasteiger partial charge in [-0.25, -0.2) is 9.37 Å². The summed E-state index contributed by atoms with van der Waals surface area (Å²) in [6.45, 7) is 3.08. The zero-order chi connectivity index (χ0) is 23.4. The number of piperidine rings is 1. The molecule has 1 saturated heterocycles. The van der Waals surface area contributed by atoms with E-state index in [1.165, 1.54) is 23.8 Å². The van der Waals surface area contributed by atoms with E-state index in [9.17, 15) is 9.18 Å². The number of nitrogens with zero attached hydrogens (tertiary/aromatic N) is 5. The number of rotatable bonds is 3. The summed E-state index contributed by atoms with van der Waals surface area (Å²) in [5.74, 6) is 0.667. The molecule has 34 heavy (non-hydrogen) atoms. The van der Waals surface area contributed by atoms with Crippen LogP contribution >= 0.6 is 11.5 Å². The van der Waals surface area contributed by atoms with Gasteiger partial charge < -0.3 is 15.1 Å². The minimum atomic E-state index is -0.313. The van der Waals surface area contributed by atoms with Gasteiger partial charge in [-0.15, -0.1) is 0 Å². The van der Waals surface area contributed by atoms with Crippen molar-refractivity contribution >= 4 is 44.3 Å². The zero-order valence-corrected chi connectivity index (χ0v) is 19.2. The zero-order valence-electron chi connectivity index (χ0n) is 18.4. The van der Waals surface area contributed by atoms with Gasteiger partial charge in [0.1, 0.15) is 11.6 Å². The number of amides is 1. The topological polar surface area (TPSA) is 103 Å². The van der Waals surface area contributed by atoms with E-state index in [4.69, 9.17) is 10.2 Å². The van der Waals surface area contributed by atoms with Crippen LogP contribution < -0.4 is 5.73 Å². The largest absolute Gasteiger partial charge is 0.452 e. The van der Waals surface area contributed by atoms with E-state index >= 15 is 0 Å². The van der Waals surface area contributed by atoms with Crippen LogP contribution in [0.4, 0.5) is 10.2 Å². The Labute approximate surface area is 198 Å². The fourth-order valence-electron chi connectivity index (χ4n) is 4.65. The van der Waals surface area contributed by atoms with Gasteiger partial charge in [0.05, 0.1) is 23.1 Å². The summed E-state index contributed by atoms with van der Waals surface area (Å²) < 4.78 is 27.1. The van der Waals surface area contributed by atoms with Gasteiger partial charge in [-0.3, -0.25) is 9.48 Å². The molecule has 0 aliphatic carbocycles. The van der Waals surface area contributed by atoms with Crippen LogP contribution in [0.2, 0.25) is 0 Å². The Balaban J connectivity index is 1.38. The third-order valence-electron chi connectivity index (χ3n) is 6.52. The lowest BCUT2D eigenvalue weighted by Crippen LogP contribution is -2.37. The predicted octanol–water partition coefficient (Wildman–Crippen LogP) is 4.87. The van der Waals surface area contributed by atoms with Crippen molar-refractivity contribution in [2.75, 3.05) is 18.8 Å². The standard InChI is InChI=1S/C24H21FN6O2S/c1-13(32)30-6-4-15(5-7-30)31-12-14(9-28-31)18-10-27-24(26)22-17(18)8-21(33-22)16-2-3-20(25)19-11-29-34-23(16)19/h2-3,8-12,15H,4-7H2,1H3,(H2,26,27). The number of carbonyl (C=O) groups is 1. The number of anilines is 1. The van der Waals surface area contributed by atoms with Crippen LogP contribution in [0.5, 0.6) is 0 Å². The molecule has 5 aromatic rings. The first-order valence-electron chi connectivity index (χ1n) is 11.0. The van der Waals surface area contributed by atoms with Crippen molar-refractivity contribution in [2.24, 2.45) is 0 Å². The molecule has 0 atom stereocenters. The number of nitrogen functional groups attached to an aromatic ring is 1. The lowest BCUT2D eigenvalue weighted by molar-refractivity contribution is -0.130. The Morgan fingerprint density at radius 2 is 2.00 bits per heavy atom. The number of benzene rings is 1. The van der Waals surface area contributed by atoms with Crippen LogP contribution in [0.15, 0.2) is 47.4 Å². The molecule has 2 N–H and O–H groups in total. The lowest BCUT2D eigenvalue weighted by atomic mass is 10.0. The molecule has 0 bridgehead atoms. The summed E-state index contributed by atoms with van der Waals surface area (Å²) >= 11 is 1.22. The fraction of sp³-hybridized carbons (Fsp3) is 0.250. The van der Waals surface area contributed by atoms with Crippen molar-refractivity contribution in [1.29, 1.82) is 0 Å². The normalized spacial score (nSPS) is 14.9. The smallest absolute Gasteiger partial charge is 0.219 e. The first kappa shape index (κ1) is 20.8. The molecule has 0 unspecified atom stereocenters. The molecule has 1 aromatic carbocycles. The van der Waals surface area contributed by atoms with Gasteiger partial charge >= 0.3 is 0 Å². The number of halogens is 1. The molecule has 6 rings (SSSR count). The molecule has 0 radical (unpaired) electrons. The minimum Gasteiger partial charge on any atom is -0.452 e. The number of hydrogen-bond donors (Lipinski definition) is 1. The van der Waals surface area contributed by atoms with Gasteiger partial charge in [-0.2, -0.15) is 9.47 Å². The summed E-state index contributed by atoms with van der Waals surface area (Å²) in [5, 5.41) is 5.88. The molecule has 1 aliphatic rings. The second kappa shape index (κ2) is 7.91. The highest BCUT2D eigenvalue weighted by Gasteiger charge is 2.23. The summed E-state index contributed by atoms with van der Waals surface area (Å²) in [5.41, 5.74) is 9.14. The van der Waals surface area contributed by atoms with E-state index in [-0.39, 0.29) is 23.6 Å². The number of hydrogen-bond acceptors (Lipinski definition) is 7. The lowest BCUT2D eigenvalue weighted by Gasteiger charge is -2.31. The molecule has 0 saturated carbocycles. The Kier molecular flexibility index (Phi) is 4.84. The fourth-order valence-corrected chi connectivity index (χ4v) is 5.43. The van der Waals surface area contributed by atoms with Crippen LogP contribution in [0.25, 0.3) is 43.5 Å². The van der Waals surface area contributed by atoms with E-state index in [1.807, 2.05) is 28.0 Å². The molecule has 0 spiro atoms. The molecule has 1 fully saturated rings. The number of carbonyl (C=O) groups excluding carboxylic acids is 1. The van der Waals surface area contributed by atoms with Crippen LogP contribution in [0.3, 0.4) is 0 Å². The average Bonchev–Trinajstić information content (AvgIpc) is 3.60. The number of furan rings is 1. The van der Waals surface area contributed by atoms with Gasteiger partial charge in [0.15, 0.2) is 11.4 Å². The van der Waals surface area contributed by atoms with Gasteiger partial charge in [0.25, 0.3) is 0 Å². The van der Waals surface area contributed by atoms with Gasteiger partial charge in [0.2, 0.25) is 5.91 Å². The number of fused-ring (bicyclic) bond motifs is 2. The Hall–Kier alpha value is -3.79. The van der Waals surface area contributed by atoms with Gasteiger partial charge in [-0.1, -0.05) is 0 Å². The summed E-state index contributed by atoms with van der Waals surface area (Å²) in [4.78, 5) is 17.8. The monoisotopic (exact) mass is 476 g/mol. The Bertz CT molecular complexity index is 1550. The third-order valence-corrected chi connectivity index (χ3v) is 7.35. The van der Waals surface area contributed by atoms with Gasteiger partial charge in [-0.05, 0) is 42.6 Å². The maximum atomic E-state index is 14.2. The summed E-state index contributed by atoms with van der Waals surface area (Å²) in [7, 11) is 0. The van der Waals surface area contributed by atoms with E-state index in [0.717, 1.165) is 52.7 Å². The molecule has 4 aromatic heterocycles. The third kappa shape index (κ3) is 3.33.